The maximum absolute atomic E-state index is 14.3. The van der Waals surface area contributed by atoms with Crippen molar-refractivity contribution in [2.75, 3.05) is 19.6 Å². The molecule has 3 aliphatic heterocycles. The Labute approximate surface area is 248 Å². The molecule has 2 N–H and O–H groups in total. The van der Waals surface area contributed by atoms with E-state index in [9.17, 15) is 14.7 Å². The van der Waals surface area contributed by atoms with Crippen molar-refractivity contribution in [2.45, 2.75) is 38.3 Å². The Balaban J connectivity index is 1.32. The van der Waals surface area contributed by atoms with E-state index in [2.05, 4.69) is 32.1 Å². The fourth-order valence-electron chi connectivity index (χ4n) is 6.42. The van der Waals surface area contributed by atoms with E-state index in [0.29, 0.717) is 51.4 Å². The molecule has 8 rings (SSSR count). The number of rotatable bonds is 4. The number of para-hydroxylation sites is 1. The van der Waals surface area contributed by atoms with E-state index in [-0.39, 0.29) is 17.4 Å². The molecule has 216 valence electrons. The highest BCUT2D eigenvalue weighted by Gasteiger charge is 2.44. The summed E-state index contributed by atoms with van der Waals surface area (Å²) in [4.78, 5) is 39.4. The summed E-state index contributed by atoms with van der Waals surface area (Å²) in [5.41, 5.74) is 1.56. The van der Waals surface area contributed by atoms with Crippen LogP contribution in [0.5, 0.6) is 0 Å². The van der Waals surface area contributed by atoms with Gasteiger partial charge in [0.1, 0.15) is 17.0 Å². The Morgan fingerprint density at radius 1 is 1.12 bits per heavy atom. The van der Waals surface area contributed by atoms with Gasteiger partial charge in [-0.1, -0.05) is 36.1 Å². The normalized spacial score (nSPS) is 21.8. The van der Waals surface area contributed by atoms with Crippen LogP contribution in [0.2, 0.25) is 0 Å². The van der Waals surface area contributed by atoms with Crippen LogP contribution in [0.1, 0.15) is 53.2 Å². The van der Waals surface area contributed by atoms with Gasteiger partial charge in [0.2, 0.25) is 0 Å². The van der Waals surface area contributed by atoms with Gasteiger partial charge in [0.25, 0.3) is 11.5 Å². The lowest BCUT2D eigenvalue weighted by molar-refractivity contribution is -0.0713. The number of aromatic nitrogens is 5. The van der Waals surface area contributed by atoms with Crippen LogP contribution in [0.4, 0.5) is 0 Å². The van der Waals surface area contributed by atoms with Gasteiger partial charge in [-0.05, 0) is 70.1 Å². The van der Waals surface area contributed by atoms with Gasteiger partial charge in [0, 0.05) is 30.4 Å². The van der Waals surface area contributed by atoms with Crippen LogP contribution in [-0.2, 0) is 0 Å². The fraction of sp³-hybridized carbons (Fsp3) is 0.303. The summed E-state index contributed by atoms with van der Waals surface area (Å²) in [5.74, 6) is 6.44. The number of aryl methyl sites for hydroxylation is 1. The van der Waals surface area contributed by atoms with Crippen LogP contribution >= 0.6 is 0 Å². The third kappa shape index (κ3) is 4.67. The lowest BCUT2D eigenvalue weighted by Crippen LogP contribution is -2.58. The fourth-order valence-corrected chi connectivity index (χ4v) is 6.42. The number of carbonyl (C=O) groups is 1. The molecule has 1 amide bonds. The molecule has 10 nitrogen and oxygen atoms in total. The molecule has 2 atom stereocenters. The molecule has 3 aromatic heterocycles. The van der Waals surface area contributed by atoms with Crippen LogP contribution in [0.3, 0.4) is 0 Å². The summed E-state index contributed by atoms with van der Waals surface area (Å²) in [6, 6.07) is 15.7. The molecule has 3 fully saturated rings. The van der Waals surface area contributed by atoms with E-state index in [4.69, 9.17) is 4.98 Å². The average Bonchev–Trinajstić information content (AvgIpc) is 3.36. The summed E-state index contributed by atoms with van der Waals surface area (Å²) in [5, 5.41) is 19.2. The molecule has 10 heteroatoms. The molecule has 3 aliphatic rings. The summed E-state index contributed by atoms with van der Waals surface area (Å²) < 4.78 is 3.10. The molecule has 6 heterocycles. The predicted octanol–water partition coefficient (Wildman–Crippen LogP) is 3.04. The highest BCUT2D eigenvalue weighted by atomic mass is 16.3. The molecular formula is C33H31N7O3. The van der Waals surface area contributed by atoms with Crippen LogP contribution in [0, 0.1) is 24.7 Å². The number of carbonyl (C=O) groups excluding carboxylic acids is 1. The van der Waals surface area contributed by atoms with Gasteiger partial charge >= 0.3 is 0 Å². The van der Waals surface area contributed by atoms with Gasteiger partial charge in [-0.15, -0.1) is 0 Å². The average molecular weight is 574 g/mol. The molecule has 5 aromatic rings. The molecule has 0 radical (unpaired) electrons. The van der Waals surface area contributed by atoms with Crippen molar-refractivity contribution >= 4 is 22.5 Å². The lowest BCUT2D eigenvalue weighted by atomic mass is 9.75. The van der Waals surface area contributed by atoms with Crippen LogP contribution in [0.15, 0.2) is 71.8 Å². The van der Waals surface area contributed by atoms with Crippen molar-refractivity contribution in [1.82, 2.24) is 34.4 Å². The highest BCUT2D eigenvalue weighted by Crippen LogP contribution is 2.35. The lowest BCUT2D eigenvalue weighted by Gasteiger charge is -2.47. The molecule has 3 saturated heterocycles. The number of benzene rings is 2. The number of nitrogens with one attached hydrogen (secondary N) is 1. The second-order valence-corrected chi connectivity index (χ2v) is 11.4. The third-order valence-corrected chi connectivity index (χ3v) is 8.61. The first-order valence-corrected chi connectivity index (χ1v) is 14.5. The van der Waals surface area contributed by atoms with Crippen LogP contribution in [-0.4, -0.2) is 65.3 Å². The standard InChI is InChI=1S/C33H31N7O3/c1-21-27(30-34-16-7-17-39(30)37-21)31(41)35-22(2)29-36-26-11-6-8-23(12-15-33(43)20-38-18-13-24(33)14-19-38)28(26)32(42)40(29)25-9-4-3-5-10-25/h3-11,16-17,22,24,43H,13-14,18-20H2,1-2H3,(H,35,41)/t22-,33?/m0/s1. The Hall–Kier alpha value is -4.85. The number of fused-ring (bicyclic) bond motifs is 5. The molecule has 0 spiro atoms. The highest BCUT2D eigenvalue weighted by molar-refractivity contribution is 6.01. The van der Waals surface area contributed by atoms with Crippen molar-refractivity contribution in [3.05, 3.63) is 100.0 Å². The monoisotopic (exact) mass is 573 g/mol. The van der Waals surface area contributed by atoms with Gasteiger partial charge in [-0.2, -0.15) is 5.10 Å². The first kappa shape index (κ1) is 27.0. The number of piperidine rings is 3. The summed E-state index contributed by atoms with van der Waals surface area (Å²) >= 11 is 0. The van der Waals surface area contributed by atoms with E-state index in [0.717, 1.165) is 25.9 Å². The molecular weight excluding hydrogens is 542 g/mol. The zero-order chi connectivity index (χ0) is 29.7. The Morgan fingerprint density at radius 2 is 1.91 bits per heavy atom. The van der Waals surface area contributed by atoms with E-state index in [1.165, 1.54) is 4.57 Å². The number of aliphatic hydroxyl groups is 1. The number of hydrogen-bond donors (Lipinski definition) is 2. The first-order chi connectivity index (χ1) is 20.8. The van der Waals surface area contributed by atoms with Gasteiger partial charge < -0.3 is 10.4 Å². The second kappa shape index (κ2) is 10.5. The number of amides is 1. The van der Waals surface area contributed by atoms with Gasteiger partial charge in [0.15, 0.2) is 5.65 Å². The van der Waals surface area contributed by atoms with Crippen molar-refractivity contribution in [3.8, 4) is 17.5 Å². The topological polar surface area (TPSA) is 118 Å². The minimum atomic E-state index is -1.10. The zero-order valence-corrected chi connectivity index (χ0v) is 24.0. The third-order valence-electron chi connectivity index (χ3n) is 8.61. The molecule has 2 bridgehead atoms. The van der Waals surface area contributed by atoms with Crippen LogP contribution < -0.4 is 10.9 Å². The Morgan fingerprint density at radius 3 is 2.65 bits per heavy atom. The van der Waals surface area contributed by atoms with E-state index in [1.54, 1.807) is 49.0 Å². The largest absolute Gasteiger partial charge is 0.376 e. The van der Waals surface area contributed by atoms with Gasteiger partial charge in [-0.3, -0.25) is 19.1 Å². The number of nitrogens with zero attached hydrogens (tertiary/aromatic N) is 6. The van der Waals surface area contributed by atoms with Crippen molar-refractivity contribution < 1.29 is 9.90 Å². The van der Waals surface area contributed by atoms with E-state index >= 15 is 0 Å². The maximum Gasteiger partial charge on any atom is 0.267 e. The Kier molecular flexibility index (Phi) is 6.57. The Bertz CT molecular complexity index is 2000. The SMILES string of the molecule is Cc1nn2cccnc2c1C(=O)N[C@@H](C)c1nc2cccc(C#CC3(O)CN4CCC3CC4)c2c(=O)n1-c1ccccc1. The van der Waals surface area contributed by atoms with E-state index < -0.39 is 11.6 Å². The molecule has 2 aromatic carbocycles. The summed E-state index contributed by atoms with van der Waals surface area (Å²) in [7, 11) is 0. The molecule has 0 aliphatic carbocycles. The van der Waals surface area contributed by atoms with Crippen molar-refractivity contribution in [3.63, 3.8) is 0 Å². The minimum Gasteiger partial charge on any atom is -0.376 e. The van der Waals surface area contributed by atoms with Crippen molar-refractivity contribution in [1.29, 1.82) is 0 Å². The maximum atomic E-state index is 14.3. The van der Waals surface area contributed by atoms with Crippen LogP contribution in [0.25, 0.3) is 22.2 Å². The first-order valence-electron chi connectivity index (χ1n) is 14.5. The quantitative estimate of drug-likeness (QED) is 0.318. The summed E-state index contributed by atoms with van der Waals surface area (Å²) in [6.07, 6.45) is 5.19. The van der Waals surface area contributed by atoms with Gasteiger partial charge in [0.05, 0.1) is 28.3 Å². The summed E-state index contributed by atoms with van der Waals surface area (Å²) in [6.45, 7) is 6.05. The smallest absolute Gasteiger partial charge is 0.267 e. The molecule has 1 unspecified atom stereocenters. The zero-order valence-electron chi connectivity index (χ0n) is 24.0. The second-order valence-electron chi connectivity index (χ2n) is 11.4. The minimum absolute atomic E-state index is 0.127. The number of hydrogen-bond acceptors (Lipinski definition) is 7. The van der Waals surface area contributed by atoms with Crippen molar-refractivity contribution in [2.24, 2.45) is 5.92 Å². The molecule has 43 heavy (non-hydrogen) atoms. The van der Waals surface area contributed by atoms with E-state index in [1.807, 2.05) is 36.4 Å². The van der Waals surface area contributed by atoms with Gasteiger partial charge in [-0.25, -0.2) is 14.5 Å². The molecule has 0 saturated carbocycles. The predicted molar refractivity (Wildman–Crippen MR) is 162 cm³/mol.